The molecule has 2 rings (SSSR count). The van der Waals surface area contributed by atoms with E-state index in [1.807, 2.05) is 12.3 Å². The highest BCUT2D eigenvalue weighted by molar-refractivity contribution is 8.00. The Morgan fingerprint density at radius 1 is 1.45 bits per heavy atom. The Bertz CT molecular complexity index is 629. The average molecular weight is 337 g/mol. The molecule has 0 saturated heterocycles. The standard InChI is InChI=1S/C14H15N3O3S2/c1-10(14(18)15-7-6-11-8-21-9-16-11)22-13-4-2-12(3-5-13)17(19)20/h2-5,8-10H,6-7H2,1H3,(H,15,18)/t10-/m0/s1. The monoisotopic (exact) mass is 337 g/mol. The summed E-state index contributed by atoms with van der Waals surface area (Å²) in [6, 6.07) is 6.19. The second kappa shape index (κ2) is 7.90. The summed E-state index contributed by atoms with van der Waals surface area (Å²) in [5.41, 5.74) is 2.79. The Hall–Kier alpha value is -1.93. The van der Waals surface area contributed by atoms with E-state index < -0.39 is 4.92 Å². The van der Waals surface area contributed by atoms with Crippen molar-refractivity contribution in [2.75, 3.05) is 6.54 Å². The van der Waals surface area contributed by atoms with Gasteiger partial charge in [-0.2, -0.15) is 0 Å². The first-order valence-electron chi connectivity index (χ1n) is 6.62. The Morgan fingerprint density at radius 3 is 2.77 bits per heavy atom. The zero-order valence-corrected chi connectivity index (χ0v) is 13.5. The Labute approximate surface area is 136 Å². The van der Waals surface area contributed by atoms with Gasteiger partial charge in [0.05, 0.1) is 21.4 Å². The molecule has 0 bridgehead atoms. The lowest BCUT2D eigenvalue weighted by Gasteiger charge is -2.11. The van der Waals surface area contributed by atoms with Crippen LogP contribution in [0, 0.1) is 10.1 Å². The van der Waals surface area contributed by atoms with Crippen LogP contribution in [0.1, 0.15) is 12.6 Å². The van der Waals surface area contributed by atoms with Gasteiger partial charge in [0.1, 0.15) is 0 Å². The Kier molecular flexibility index (Phi) is 5.91. The summed E-state index contributed by atoms with van der Waals surface area (Å²) >= 11 is 2.91. The SMILES string of the molecule is C[C@H](Sc1ccc([N+](=O)[O-])cc1)C(=O)NCCc1cscn1. The van der Waals surface area contributed by atoms with Gasteiger partial charge in [-0.15, -0.1) is 23.1 Å². The van der Waals surface area contributed by atoms with E-state index in [9.17, 15) is 14.9 Å². The number of carbonyl (C=O) groups is 1. The van der Waals surface area contributed by atoms with Crippen LogP contribution in [0.5, 0.6) is 0 Å². The maximum atomic E-state index is 12.0. The van der Waals surface area contributed by atoms with Crippen LogP contribution in [-0.2, 0) is 11.2 Å². The highest BCUT2D eigenvalue weighted by Crippen LogP contribution is 2.25. The van der Waals surface area contributed by atoms with Gasteiger partial charge in [0.25, 0.3) is 5.69 Å². The lowest BCUT2D eigenvalue weighted by atomic mass is 10.3. The quantitative estimate of drug-likeness (QED) is 0.477. The van der Waals surface area contributed by atoms with Crippen LogP contribution in [0.4, 0.5) is 5.69 Å². The largest absolute Gasteiger partial charge is 0.355 e. The predicted octanol–water partition coefficient (Wildman–Crippen LogP) is 2.89. The van der Waals surface area contributed by atoms with Gasteiger partial charge in [-0.3, -0.25) is 14.9 Å². The van der Waals surface area contributed by atoms with Gasteiger partial charge in [-0.1, -0.05) is 0 Å². The summed E-state index contributed by atoms with van der Waals surface area (Å²) in [6.45, 7) is 2.36. The van der Waals surface area contributed by atoms with Gasteiger partial charge in [0.2, 0.25) is 5.91 Å². The number of aromatic nitrogens is 1. The predicted molar refractivity (Wildman–Crippen MR) is 87.2 cm³/mol. The van der Waals surface area contributed by atoms with Crippen molar-refractivity contribution in [1.29, 1.82) is 0 Å². The molecule has 1 aromatic heterocycles. The third kappa shape index (κ3) is 4.81. The zero-order valence-electron chi connectivity index (χ0n) is 11.9. The minimum Gasteiger partial charge on any atom is -0.355 e. The zero-order chi connectivity index (χ0) is 15.9. The summed E-state index contributed by atoms with van der Waals surface area (Å²) in [6.07, 6.45) is 0.712. The molecule has 1 heterocycles. The molecular weight excluding hydrogens is 322 g/mol. The molecule has 0 aliphatic carbocycles. The fraction of sp³-hybridized carbons (Fsp3) is 0.286. The van der Waals surface area contributed by atoms with E-state index >= 15 is 0 Å². The number of carbonyl (C=O) groups excluding carboxylic acids is 1. The van der Waals surface area contributed by atoms with Crippen LogP contribution >= 0.6 is 23.1 Å². The third-order valence-corrected chi connectivity index (χ3v) is 4.64. The van der Waals surface area contributed by atoms with E-state index in [0.717, 1.165) is 10.6 Å². The topological polar surface area (TPSA) is 85.1 Å². The van der Waals surface area contributed by atoms with Crippen LogP contribution in [-0.4, -0.2) is 27.6 Å². The average Bonchev–Trinajstić information content (AvgIpc) is 3.01. The molecule has 0 spiro atoms. The molecule has 0 saturated carbocycles. The summed E-state index contributed by atoms with van der Waals surface area (Å²) in [5, 5.41) is 15.1. The van der Waals surface area contributed by atoms with Crippen molar-refractivity contribution in [2.45, 2.75) is 23.5 Å². The summed E-state index contributed by atoms with van der Waals surface area (Å²) in [5.74, 6) is -0.0569. The van der Waals surface area contributed by atoms with Crippen LogP contribution in [0.15, 0.2) is 40.1 Å². The molecular formula is C14H15N3O3S2. The molecule has 0 unspecified atom stereocenters. The third-order valence-electron chi connectivity index (χ3n) is 2.89. The molecule has 8 heteroatoms. The van der Waals surface area contributed by atoms with Crippen LogP contribution < -0.4 is 5.32 Å². The van der Waals surface area contributed by atoms with E-state index in [4.69, 9.17) is 0 Å². The van der Waals surface area contributed by atoms with Crippen molar-refractivity contribution in [3.05, 3.63) is 51.0 Å². The van der Waals surface area contributed by atoms with Crippen molar-refractivity contribution in [3.63, 3.8) is 0 Å². The number of hydrogen-bond acceptors (Lipinski definition) is 6. The number of benzene rings is 1. The lowest BCUT2D eigenvalue weighted by Crippen LogP contribution is -2.32. The van der Waals surface area contributed by atoms with Crippen molar-refractivity contribution >= 4 is 34.7 Å². The second-order valence-corrected chi connectivity index (χ2v) is 6.66. The van der Waals surface area contributed by atoms with Gasteiger partial charge >= 0.3 is 0 Å². The number of non-ortho nitro benzene ring substituents is 1. The smallest absolute Gasteiger partial charge is 0.269 e. The fourth-order valence-corrected chi connectivity index (χ4v) is 3.21. The van der Waals surface area contributed by atoms with Gasteiger partial charge in [-0.05, 0) is 19.1 Å². The molecule has 1 atom stereocenters. The molecule has 116 valence electrons. The second-order valence-electron chi connectivity index (χ2n) is 4.53. The molecule has 0 radical (unpaired) electrons. The summed E-state index contributed by atoms with van der Waals surface area (Å²) in [7, 11) is 0. The summed E-state index contributed by atoms with van der Waals surface area (Å²) in [4.78, 5) is 27.1. The number of rotatable bonds is 7. The number of nitro groups is 1. The Morgan fingerprint density at radius 2 is 2.18 bits per heavy atom. The van der Waals surface area contributed by atoms with Gasteiger partial charge in [-0.25, -0.2) is 4.98 Å². The number of thioether (sulfide) groups is 1. The van der Waals surface area contributed by atoms with E-state index in [1.165, 1.54) is 35.2 Å². The van der Waals surface area contributed by atoms with Gasteiger partial charge in [0.15, 0.2) is 0 Å². The maximum absolute atomic E-state index is 12.0. The van der Waals surface area contributed by atoms with Crippen molar-refractivity contribution in [2.24, 2.45) is 0 Å². The molecule has 1 amide bonds. The first-order valence-corrected chi connectivity index (χ1v) is 8.44. The van der Waals surface area contributed by atoms with Crippen molar-refractivity contribution < 1.29 is 9.72 Å². The van der Waals surface area contributed by atoms with Gasteiger partial charge in [0, 0.05) is 35.4 Å². The number of amides is 1. The number of hydrogen-bond donors (Lipinski definition) is 1. The molecule has 22 heavy (non-hydrogen) atoms. The molecule has 0 aliphatic rings. The van der Waals surface area contributed by atoms with Crippen LogP contribution in [0.2, 0.25) is 0 Å². The number of nitrogens with one attached hydrogen (secondary N) is 1. The van der Waals surface area contributed by atoms with Crippen molar-refractivity contribution in [3.8, 4) is 0 Å². The van der Waals surface area contributed by atoms with Crippen molar-refractivity contribution in [1.82, 2.24) is 10.3 Å². The molecule has 1 N–H and O–H groups in total. The molecule has 6 nitrogen and oxygen atoms in total. The van der Waals surface area contributed by atoms with E-state index in [2.05, 4.69) is 10.3 Å². The molecule has 1 aromatic carbocycles. The number of thiazole rings is 1. The first kappa shape index (κ1) is 16.4. The van der Waals surface area contributed by atoms with E-state index in [1.54, 1.807) is 17.6 Å². The summed E-state index contributed by atoms with van der Waals surface area (Å²) < 4.78 is 0. The maximum Gasteiger partial charge on any atom is 0.269 e. The lowest BCUT2D eigenvalue weighted by molar-refractivity contribution is -0.384. The number of nitro benzene ring substituents is 1. The minimum atomic E-state index is -0.441. The normalized spacial score (nSPS) is 11.9. The van der Waals surface area contributed by atoms with E-state index in [0.29, 0.717) is 13.0 Å². The van der Waals surface area contributed by atoms with E-state index in [-0.39, 0.29) is 16.8 Å². The van der Waals surface area contributed by atoms with Gasteiger partial charge < -0.3 is 5.32 Å². The Balaban J connectivity index is 1.79. The fourth-order valence-electron chi connectivity index (χ4n) is 1.72. The molecule has 0 aliphatic heterocycles. The van der Waals surface area contributed by atoms with Crippen LogP contribution in [0.3, 0.4) is 0 Å². The minimum absolute atomic E-state index is 0.0460. The highest BCUT2D eigenvalue weighted by Gasteiger charge is 2.14. The molecule has 0 fully saturated rings. The molecule has 2 aromatic rings. The number of nitrogens with zero attached hydrogens (tertiary/aromatic N) is 2. The van der Waals surface area contributed by atoms with Crippen LogP contribution in [0.25, 0.3) is 0 Å². The highest BCUT2D eigenvalue weighted by atomic mass is 32.2. The first-order chi connectivity index (χ1) is 10.6.